The predicted molar refractivity (Wildman–Crippen MR) is 231 cm³/mol. The van der Waals surface area contributed by atoms with Crippen LogP contribution in [0.5, 0.6) is 0 Å². The maximum absolute atomic E-state index is 14.1. The van der Waals surface area contributed by atoms with Gasteiger partial charge in [-0.1, -0.05) is 78.9 Å². The second-order valence-corrected chi connectivity index (χ2v) is 15.4. The van der Waals surface area contributed by atoms with Gasteiger partial charge in [-0.3, -0.25) is 39.6 Å². The first kappa shape index (κ1) is 39.8. The first-order valence-electron chi connectivity index (χ1n) is 19.3. The summed E-state index contributed by atoms with van der Waals surface area (Å²) >= 11 is 4.94. The molecule has 0 bridgehead atoms. The predicted octanol–water partition coefficient (Wildman–Crippen LogP) is 7.78. The van der Waals surface area contributed by atoms with Crippen molar-refractivity contribution in [2.24, 2.45) is 0 Å². The highest BCUT2D eigenvalue weighted by atomic mass is 32.1. The third kappa shape index (κ3) is 7.32. The number of thiocarbonyl (C=S) groups is 1. The summed E-state index contributed by atoms with van der Waals surface area (Å²) in [6.07, 6.45) is 2.02. The molecule has 4 heterocycles. The molecule has 62 heavy (non-hydrogen) atoms. The number of nitrogens with one attached hydrogen (secondary N) is 2. The number of likely N-dealkylation sites (N-methyl/N-ethyl adjacent to an activating group) is 1. The van der Waals surface area contributed by atoms with Gasteiger partial charge in [-0.2, -0.15) is 13.2 Å². The van der Waals surface area contributed by atoms with E-state index < -0.39 is 41.4 Å². The fourth-order valence-corrected chi connectivity index (χ4v) is 8.23. The molecule has 0 unspecified atom stereocenters. The standard InChI is InChI=1S/C47H33F3N6O5S/c1-53-43(59)38(21-32-25-54(39-14-4-2-13-36(32)39)22-27-8-6-11-33(19-27)47(48,49)50)44(60)56(46(53)61)23-28-16-17-34-29(18-28)9-7-10-30(34)24-55-26-31(35-12-3-5-15-40(35)55)20-37-41(57)51-45(62)52-42(37)58/h2-21,25-26H,22-24H2,1H3,(H2,51,52,57,58,62)/b38-21+. The molecular formula is C47H33F3N6O5S. The Balaban J connectivity index is 0.995. The summed E-state index contributed by atoms with van der Waals surface area (Å²) in [6, 6.07) is 30.5. The number of alkyl halides is 3. The third-order valence-corrected chi connectivity index (χ3v) is 11.2. The average Bonchev–Trinajstić information content (AvgIpc) is 3.78. The Morgan fingerprint density at radius 2 is 1.21 bits per heavy atom. The number of nitrogens with zero attached hydrogens (tertiary/aromatic N) is 4. The average molecular weight is 851 g/mol. The van der Waals surface area contributed by atoms with Gasteiger partial charge in [0.2, 0.25) is 0 Å². The molecule has 2 N–H and O–H groups in total. The number of aromatic nitrogens is 2. The topological polar surface area (TPSA) is 126 Å². The molecule has 11 nitrogen and oxygen atoms in total. The lowest BCUT2D eigenvalue weighted by atomic mass is 10.0. The van der Waals surface area contributed by atoms with Crippen LogP contribution in [0, 0.1) is 0 Å². The van der Waals surface area contributed by atoms with Gasteiger partial charge in [0.25, 0.3) is 23.6 Å². The Kier molecular flexibility index (Phi) is 9.90. The summed E-state index contributed by atoms with van der Waals surface area (Å²) in [6.45, 7) is 0.403. The second kappa shape index (κ2) is 15.4. The number of para-hydroxylation sites is 2. The first-order valence-corrected chi connectivity index (χ1v) is 19.7. The minimum absolute atomic E-state index is 0.0491. The van der Waals surface area contributed by atoms with Gasteiger partial charge in [0, 0.05) is 65.5 Å². The van der Waals surface area contributed by atoms with Crippen LogP contribution in [-0.4, -0.2) is 60.8 Å². The van der Waals surface area contributed by atoms with E-state index in [2.05, 4.69) is 10.6 Å². The smallest absolute Gasteiger partial charge is 0.342 e. The zero-order chi connectivity index (χ0) is 43.4. The van der Waals surface area contributed by atoms with E-state index >= 15 is 0 Å². The number of benzene rings is 5. The van der Waals surface area contributed by atoms with Gasteiger partial charge in [-0.15, -0.1) is 0 Å². The molecule has 7 aromatic rings. The van der Waals surface area contributed by atoms with Crippen LogP contribution in [0.1, 0.15) is 33.4 Å². The van der Waals surface area contributed by atoms with E-state index in [9.17, 15) is 37.1 Å². The number of hydrogen-bond acceptors (Lipinski definition) is 6. The number of fused-ring (bicyclic) bond motifs is 3. The molecule has 2 fully saturated rings. The van der Waals surface area contributed by atoms with Crippen molar-refractivity contribution >= 4 is 91.7 Å². The molecule has 2 aromatic heterocycles. The van der Waals surface area contributed by atoms with Crippen LogP contribution in [0.15, 0.2) is 133 Å². The Morgan fingerprint density at radius 1 is 0.613 bits per heavy atom. The van der Waals surface area contributed by atoms with E-state index in [1.807, 2.05) is 71.4 Å². The number of barbiturate groups is 1. The van der Waals surface area contributed by atoms with Gasteiger partial charge in [-0.05, 0) is 82.2 Å². The van der Waals surface area contributed by atoms with Crippen molar-refractivity contribution in [3.05, 3.63) is 166 Å². The van der Waals surface area contributed by atoms with Crippen molar-refractivity contribution in [3.8, 4) is 0 Å². The zero-order valence-corrected chi connectivity index (χ0v) is 33.5. The number of imide groups is 2. The van der Waals surface area contributed by atoms with Gasteiger partial charge in [-0.25, -0.2) is 4.79 Å². The van der Waals surface area contributed by atoms with Gasteiger partial charge in [0.05, 0.1) is 12.1 Å². The van der Waals surface area contributed by atoms with Crippen molar-refractivity contribution in [3.63, 3.8) is 0 Å². The first-order chi connectivity index (χ1) is 29.7. The molecule has 0 radical (unpaired) electrons. The van der Waals surface area contributed by atoms with Crippen LogP contribution >= 0.6 is 12.2 Å². The molecule has 2 aliphatic rings. The number of rotatable bonds is 8. The third-order valence-electron chi connectivity index (χ3n) is 11.0. The van der Waals surface area contributed by atoms with Crippen molar-refractivity contribution in [2.45, 2.75) is 25.8 Å². The molecule has 0 atom stereocenters. The molecule has 308 valence electrons. The van der Waals surface area contributed by atoms with Gasteiger partial charge >= 0.3 is 12.2 Å². The number of halogens is 3. The molecule has 0 aliphatic carbocycles. The van der Waals surface area contributed by atoms with Crippen molar-refractivity contribution < 1.29 is 37.1 Å². The van der Waals surface area contributed by atoms with Crippen LogP contribution in [0.4, 0.5) is 18.0 Å². The highest BCUT2D eigenvalue weighted by Gasteiger charge is 2.40. The van der Waals surface area contributed by atoms with Crippen molar-refractivity contribution in [1.82, 2.24) is 29.6 Å². The maximum atomic E-state index is 14.1. The molecule has 0 saturated carbocycles. The minimum atomic E-state index is -4.50. The number of carbonyl (C=O) groups is 5. The van der Waals surface area contributed by atoms with Crippen molar-refractivity contribution in [2.75, 3.05) is 7.05 Å². The van der Waals surface area contributed by atoms with Crippen LogP contribution in [0.25, 0.3) is 44.7 Å². The Morgan fingerprint density at radius 3 is 1.87 bits per heavy atom. The summed E-state index contributed by atoms with van der Waals surface area (Å²) in [5.74, 6) is -2.73. The highest BCUT2D eigenvalue weighted by Crippen LogP contribution is 2.32. The molecule has 0 spiro atoms. The molecule has 2 saturated heterocycles. The van der Waals surface area contributed by atoms with Crippen LogP contribution in [-0.2, 0) is 45.0 Å². The van der Waals surface area contributed by atoms with E-state index in [-0.39, 0.29) is 29.3 Å². The van der Waals surface area contributed by atoms with Gasteiger partial charge in [0.1, 0.15) is 11.1 Å². The fourth-order valence-electron chi connectivity index (χ4n) is 8.04. The van der Waals surface area contributed by atoms with E-state index in [0.717, 1.165) is 49.2 Å². The van der Waals surface area contributed by atoms with E-state index in [0.29, 0.717) is 39.7 Å². The van der Waals surface area contributed by atoms with Crippen LogP contribution < -0.4 is 10.6 Å². The Labute approximate surface area is 356 Å². The summed E-state index contributed by atoms with van der Waals surface area (Å²) < 4.78 is 44.2. The monoisotopic (exact) mass is 850 g/mol. The van der Waals surface area contributed by atoms with Gasteiger partial charge in [0.15, 0.2) is 5.11 Å². The second-order valence-electron chi connectivity index (χ2n) is 15.0. The van der Waals surface area contributed by atoms with Crippen molar-refractivity contribution in [1.29, 1.82) is 0 Å². The lowest BCUT2D eigenvalue weighted by Gasteiger charge is -2.31. The van der Waals surface area contributed by atoms with E-state index in [1.54, 1.807) is 47.2 Å². The molecule has 6 amide bonds. The zero-order valence-electron chi connectivity index (χ0n) is 32.7. The Bertz CT molecular complexity index is 3140. The molecular weight excluding hydrogens is 818 g/mol. The highest BCUT2D eigenvalue weighted by molar-refractivity contribution is 7.80. The van der Waals surface area contributed by atoms with E-state index in [1.165, 1.54) is 19.2 Å². The summed E-state index contributed by atoms with van der Waals surface area (Å²) in [7, 11) is 1.31. The SMILES string of the molecule is CN1C(=O)/C(=C\c2cn(Cc3cccc(C(F)(F)F)c3)c3ccccc23)C(=O)N(Cc2ccc3c(Cn4cc(C=C5C(=O)NC(=S)NC5=O)c5ccccc54)cccc3c2)C1=O. The lowest BCUT2D eigenvalue weighted by molar-refractivity contribution is -0.138. The van der Waals surface area contributed by atoms with Gasteiger partial charge < -0.3 is 9.13 Å². The summed E-state index contributed by atoms with van der Waals surface area (Å²) in [5, 5.41) is 8.14. The number of hydrogen-bond donors (Lipinski definition) is 2. The van der Waals surface area contributed by atoms with Crippen LogP contribution in [0.3, 0.4) is 0 Å². The normalized spacial score (nSPS) is 15.7. The Hall–Kier alpha value is -7.65. The minimum Gasteiger partial charge on any atom is -0.342 e. The lowest BCUT2D eigenvalue weighted by Crippen LogP contribution is -2.54. The molecule has 15 heteroatoms. The van der Waals surface area contributed by atoms with E-state index in [4.69, 9.17) is 12.2 Å². The maximum Gasteiger partial charge on any atom is 0.416 e. The molecule has 2 aliphatic heterocycles. The number of urea groups is 1. The quantitative estimate of drug-likeness (QED) is 0.0915. The molecule has 5 aromatic carbocycles. The fraction of sp³-hybridized carbons (Fsp3) is 0.106. The molecule has 9 rings (SSSR count). The number of carbonyl (C=O) groups excluding carboxylic acids is 5. The number of amides is 6. The summed E-state index contributed by atoms with van der Waals surface area (Å²) in [4.78, 5) is 68.3. The summed E-state index contributed by atoms with van der Waals surface area (Å²) in [5.41, 5.74) is 3.66. The van der Waals surface area contributed by atoms with Crippen LogP contribution in [0.2, 0.25) is 0 Å². The largest absolute Gasteiger partial charge is 0.416 e.